The van der Waals surface area contributed by atoms with Gasteiger partial charge < -0.3 is 9.80 Å². The molecule has 2 aliphatic heterocycles. The number of hydrogen-bond donors (Lipinski definition) is 0. The third kappa shape index (κ3) is 3.07. The molecule has 0 unspecified atom stereocenters. The topological polar surface area (TPSA) is 49.3 Å². The van der Waals surface area contributed by atoms with E-state index in [1.807, 2.05) is 40.9 Å². The maximum atomic E-state index is 12.8. The first-order chi connectivity index (χ1) is 13.7. The zero-order valence-electron chi connectivity index (χ0n) is 15.6. The molecule has 3 aromatic heterocycles. The molecular weight excluding hydrogens is 368 g/mol. The van der Waals surface area contributed by atoms with Crippen molar-refractivity contribution in [3.8, 4) is 0 Å². The molecule has 0 radical (unpaired) electrons. The van der Waals surface area contributed by atoms with E-state index in [9.17, 15) is 4.79 Å². The van der Waals surface area contributed by atoms with Crippen LogP contribution in [0.15, 0.2) is 59.7 Å². The maximum absolute atomic E-state index is 12.8. The third-order valence-corrected chi connectivity index (χ3v) is 6.59. The van der Waals surface area contributed by atoms with E-state index in [4.69, 9.17) is 4.98 Å². The van der Waals surface area contributed by atoms with Gasteiger partial charge in [0.05, 0.1) is 23.2 Å². The summed E-state index contributed by atoms with van der Waals surface area (Å²) in [5.74, 6) is 0.221. The first-order valence-electron chi connectivity index (χ1n) is 9.62. The minimum atomic E-state index is -0.0664. The predicted molar refractivity (Wildman–Crippen MR) is 110 cm³/mol. The maximum Gasteiger partial charge on any atom is 0.227 e. The summed E-state index contributed by atoms with van der Waals surface area (Å²) in [5.41, 5.74) is 4.57. The number of carbonyl (C=O) groups excluding carboxylic acids is 1. The summed E-state index contributed by atoms with van der Waals surface area (Å²) in [5, 5.41) is 4.09. The molecule has 0 aliphatic carbocycles. The highest BCUT2D eigenvalue weighted by Gasteiger charge is 2.49. The summed E-state index contributed by atoms with van der Waals surface area (Å²) in [6.07, 6.45) is 7.07. The van der Waals surface area contributed by atoms with E-state index in [1.54, 1.807) is 17.5 Å². The van der Waals surface area contributed by atoms with Gasteiger partial charge in [0.2, 0.25) is 5.91 Å². The van der Waals surface area contributed by atoms with E-state index in [0.717, 1.165) is 43.9 Å². The predicted octanol–water partition coefficient (Wildman–Crippen LogP) is 3.27. The van der Waals surface area contributed by atoms with E-state index in [2.05, 4.69) is 27.4 Å². The molecule has 5 rings (SSSR count). The van der Waals surface area contributed by atoms with Crippen LogP contribution in [0.5, 0.6) is 0 Å². The number of aromatic nitrogens is 2. The van der Waals surface area contributed by atoms with Crippen molar-refractivity contribution >= 4 is 22.9 Å². The first kappa shape index (κ1) is 17.4. The summed E-state index contributed by atoms with van der Waals surface area (Å²) in [6.45, 7) is 3.27. The molecule has 1 fully saturated rings. The number of fused-ring (bicyclic) bond motifs is 2. The van der Waals surface area contributed by atoms with Crippen LogP contribution < -0.4 is 4.90 Å². The number of rotatable bonds is 4. The van der Waals surface area contributed by atoms with Crippen molar-refractivity contribution in [2.45, 2.75) is 24.8 Å². The second-order valence-corrected chi connectivity index (χ2v) is 8.52. The molecule has 0 N–H and O–H groups in total. The van der Waals surface area contributed by atoms with E-state index in [1.165, 1.54) is 11.3 Å². The molecule has 5 nitrogen and oxygen atoms in total. The zero-order valence-corrected chi connectivity index (χ0v) is 16.4. The van der Waals surface area contributed by atoms with Gasteiger partial charge in [-0.15, -0.1) is 0 Å². The van der Waals surface area contributed by atoms with Crippen LogP contribution in [0.25, 0.3) is 0 Å². The van der Waals surface area contributed by atoms with Crippen molar-refractivity contribution in [2.24, 2.45) is 0 Å². The van der Waals surface area contributed by atoms with Crippen LogP contribution >= 0.6 is 11.3 Å². The molecule has 1 saturated heterocycles. The summed E-state index contributed by atoms with van der Waals surface area (Å²) in [7, 11) is 0. The van der Waals surface area contributed by atoms with E-state index < -0.39 is 0 Å². The highest BCUT2D eigenvalue weighted by Crippen LogP contribution is 2.45. The second-order valence-electron chi connectivity index (χ2n) is 7.74. The molecule has 1 amide bonds. The fraction of sp³-hybridized carbons (Fsp3) is 0.318. The van der Waals surface area contributed by atoms with Crippen molar-refractivity contribution in [2.75, 3.05) is 24.5 Å². The lowest BCUT2D eigenvalue weighted by atomic mass is 9.85. The molecular formula is C22H22N4OS. The Labute approximate surface area is 168 Å². The molecule has 0 aromatic carbocycles. The molecule has 1 spiro atoms. The Balaban J connectivity index is 1.37. The van der Waals surface area contributed by atoms with Crippen molar-refractivity contribution in [1.29, 1.82) is 0 Å². The minimum Gasteiger partial charge on any atom is -0.365 e. The van der Waals surface area contributed by atoms with Crippen molar-refractivity contribution < 1.29 is 4.79 Å². The molecule has 142 valence electrons. The van der Waals surface area contributed by atoms with Crippen LogP contribution in [0.1, 0.15) is 23.2 Å². The first-order valence-corrected chi connectivity index (χ1v) is 10.6. The molecule has 3 aromatic rings. The largest absolute Gasteiger partial charge is 0.365 e. The summed E-state index contributed by atoms with van der Waals surface area (Å²) in [4.78, 5) is 26.3. The standard InChI is InChI=1S/C22H22N4OS/c27-20(11-17-5-10-28-14-17)25-9-6-22(15-25)16-26(13-18-3-1-7-23-12-18)19-4-2-8-24-21(19)22/h1-5,7-8,10,12,14H,6,9,11,13,15-16H2/t22-/m0/s1. The van der Waals surface area contributed by atoms with Gasteiger partial charge in [-0.3, -0.25) is 14.8 Å². The van der Waals surface area contributed by atoms with Gasteiger partial charge in [-0.25, -0.2) is 0 Å². The van der Waals surface area contributed by atoms with Crippen molar-refractivity contribution in [1.82, 2.24) is 14.9 Å². The normalized spacial score (nSPS) is 20.7. The lowest BCUT2D eigenvalue weighted by Crippen LogP contribution is -2.38. The number of amides is 1. The number of nitrogens with zero attached hydrogens (tertiary/aromatic N) is 4. The van der Waals surface area contributed by atoms with Crippen LogP contribution in [0, 0.1) is 0 Å². The molecule has 6 heteroatoms. The zero-order chi connectivity index (χ0) is 19.0. The smallest absolute Gasteiger partial charge is 0.227 e. The Morgan fingerprint density at radius 2 is 2.07 bits per heavy atom. The molecule has 0 saturated carbocycles. The SMILES string of the molecule is O=C(Cc1ccsc1)N1CC[C@]2(C1)CN(Cc1cccnc1)c1cccnc12. The quantitative estimate of drug-likeness (QED) is 0.686. The third-order valence-electron chi connectivity index (χ3n) is 5.86. The number of pyridine rings is 2. The van der Waals surface area contributed by atoms with Gasteiger partial charge in [0.1, 0.15) is 0 Å². The van der Waals surface area contributed by atoms with Gasteiger partial charge >= 0.3 is 0 Å². The van der Waals surface area contributed by atoms with Crippen LogP contribution in [-0.4, -0.2) is 40.4 Å². The number of thiophene rings is 1. The molecule has 2 aliphatic rings. The Morgan fingerprint density at radius 3 is 2.89 bits per heavy atom. The summed E-state index contributed by atoms with van der Waals surface area (Å²) < 4.78 is 0. The van der Waals surface area contributed by atoms with Gasteiger partial charge in [-0.2, -0.15) is 11.3 Å². The van der Waals surface area contributed by atoms with Gasteiger partial charge in [0.25, 0.3) is 0 Å². The summed E-state index contributed by atoms with van der Waals surface area (Å²) >= 11 is 1.64. The van der Waals surface area contributed by atoms with Crippen LogP contribution in [-0.2, 0) is 23.2 Å². The lowest BCUT2D eigenvalue weighted by molar-refractivity contribution is -0.129. The van der Waals surface area contributed by atoms with E-state index >= 15 is 0 Å². The van der Waals surface area contributed by atoms with Gasteiger partial charge in [-0.1, -0.05) is 6.07 Å². The molecule has 1 atom stereocenters. The summed E-state index contributed by atoms with van der Waals surface area (Å²) in [6, 6.07) is 10.3. The van der Waals surface area contributed by atoms with Gasteiger partial charge in [0.15, 0.2) is 0 Å². The van der Waals surface area contributed by atoms with Crippen LogP contribution in [0.4, 0.5) is 5.69 Å². The molecule has 28 heavy (non-hydrogen) atoms. The van der Waals surface area contributed by atoms with Gasteiger partial charge in [-0.05, 0) is 52.6 Å². The Bertz CT molecular complexity index is 975. The molecule has 0 bridgehead atoms. The van der Waals surface area contributed by atoms with Gasteiger partial charge in [0, 0.05) is 44.8 Å². The van der Waals surface area contributed by atoms with E-state index in [0.29, 0.717) is 6.42 Å². The monoisotopic (exact) mass is 390 g/mol. The lowest BCUT2D eigenvalue weighted by Gasteiger charge is -2.26. The van der Waals surface area contributed by atoms with Crippen LogP contribution in [0.2, 0.25) is 0 Å². The average Bonchev–Trinajstić information content (AvgIpc) is 3.45. The fourth-order valence-electron chi connectivity index (χ4n) is 4.53. The van der Waals surface area contributed by atoms with Crippen molar-refractivity contribution in [3.05, 3.63) is 76.5 Å². The minimum absolute atomic E-state index is 0.0664. The van der Waals surface area contributed by atoms with Crippen LogP contribution in [0.3, 0.4) is 0 Å². The Hall–Kier alpha value is -2.73. The molecule has 5 heterocycles. The number of anilines is 1. The Morgan fingerprint density at radius 1 is 1.14 bits per heavy atom. The fourth-order valence-corrected chi connectivity index (χ4v) is 5.20. The number of likely N-dealkylation sites (tertiary alicyclic amines) is 1. The highest BCUT2D eigenvalue weighted by atomic mass is 32.1. The second kappa shape index (κ2) is 7.02. The van der Waals surface area contributed by atoms with Crippen molar-refractivity contribution in [3.63, 3.8) is 0 Å². The van der Waals surface area contributed by atoms with E-state index in [-0.39, 0.29) is 11.3 Å². The average molecular weight is 391 g/mol. The highest BCUT2D eigenvalue weighted by molar-refractivity contribution is 7.08. The number of carbonyl (C=O) groups is 1. The number of hydrogen-bond acceptors (Lipinski definition) is 5. The Kier molecular flexibility index (Phi) is 4.36.